The number of nitrogens with zero attached hydrogens (tertiary/aromatic N) is 6. The first-order chi connectivity index (χ1) is 16.1. The Balaban J connectivity index is 1.40. The van der Waals surface area contributed by atoms with Crippen molar-refractivity contribution < 1.29 is 14.6 Å². The Bertz CT molecular complexity index is 1150. The Morgan fingerprint density at radius 1 is 1.26 bits per heavy atom. The molecule has 3 aromatic rings. The molecule has 0 spiro atoms. The standard InChI is InChI=1S/C24H33N7O3/c1-15(2)17-13-27-31-11-8-19(28-21(17)31)18-6-9-25-22(29-18)26-12-16-7-10-30(14-20(16)32)23(33)34-24(3,4)5/h6,8-9,11,13,15-16,20,32H,7,10,12,14H2,1-5H3,(H,25,26,29)/t16-,20+/m0/s1. The number of β-amino-alcohol motifs (C(OH)–C–C–N with tert-alkyl or cyclic N) is 1. The third-order valence-electron chi connectivity index (χ3n) is 5.83. The number of hydrogen-bond donors (Lipinski definition) is 2. The first kappa shape index (κ1) is 23.9. The zero-order chi connectivity index (χ0) is 24.5. The number of carbonyl (C=O) groups excluding carboxylic acids is 1. The number of nitrogens with one attached hydrogen (secondary N) is 1. The molecule has 4 heterocycles. The van der Waals surface area contributed by atoms with Crippen molar-refractivity contribution in [1.29, 1.82) is 0 Å². The van der Waals surface area contributed by atoms with E-state index in [1.807, 2.05) is 45.3 Å². The van der Waals surface area contributed by atoms with Crippen LogP contribution in [0.1, 0.15) is 52.5 Å². The van der Waals surface area contributed by atoms with Gasteiger partial charge in [-0.05, 0) is 45.2 Å². The molecule has 4 rings (SSSR count). The highest BCUT2D eigenvalue weighted by Gasteiger charge is 2.32. The number of rotatable bonds is 5. The van der Waals surface area contributed by atoms with E-state index in [1.54, 1.807) is 15.6 Å². The van der Waals surface area contributed by atoms with Crippen LogP contribution in [0.15, 0.2) is 30.7 Å². The molecule has 0 aromatic carbocycles. The number of anilines is 1. The second kappa shape index (κ2) is 9.54. The number of aliphatic hydroxyl groups excluding tert-OH is 1. The maximum absolute atomic E-state index is 12.3. The molecule has 1 amide bonds. The van der Waals surface area contributed by atoms with E-state index in [0.29, 0.717) is 37.1 Å². The van der Waals surface area contributed by atoms with Gasteiger partial charge in [-0.25, -0.2) is 24.3 Å². The van der Waals surface area contributed by atoms with Gasteiger partial charge in [0.05, 0.1) is 30.2 Å². The zero-order valence-electron chi connectivity index (χ0n) is 20.4. The number of fused-ring (bicyclic) bond motifs is 1. The lowest BCUT2D eigenvalue weighted by molar-refractivity contribution is -0.0104. The molecule has 2 N–H and O–H groups in total. The molecule has 0 unspecified atom stereocenters. The average molecular weight is 468 g/mol. The second-order valence-corrected chi connectivity index (χ2v) is 10.0. The Hall–Kier alpha value is -3.27. The number of hydrogen-bond acceptors (Lipinski definition) is 8. The number of aromatic nitrogens is 5. The topological polar surface area (TPSA) is 118 Å². The summed E-state index contributed by atoms with van der Waals surface area (Å²) in [5.41, 5.74) is 2.79. The van der Waals surface area contributed by atoms with Crippen molar-refractivity contribution in [2.24, 2.45) is 5.92 Å². The van der Waals surface area contributed by atoms with Gasteiger partial charge in [-0.15, -0.1) is 0 Å². The summed E-state index contributed by atoms with van der Waals surface area (Å²) >= 11 is 0. The van der Waals surface area contributed by atoms with Gasteiger partial charge in [-0.1, -0.05) is 13.8 Å². The molecular weight excluding hydrogens is 434 g/mol. The van der Waals surface area contributed by atoms with Crippen LogP contribution in [0.25, 0.3) is 17.0 Å². The fourth-order valence-electron chi connectivity index (χ4n) is 3.96. The van der Waals surface area contributed by atoms with Gasteiger partial charge in [-0.2, -0.15) is 5.10 Å². The summed E-state index contributed by atoms with van der Waals surface area (Å²) in [6.07, 6.45) is 5.04. The van der Waals surface area contributed by atoms with Crippen LogP contribution >= 0.6 is 0 Å². The number of carbonyl (C=O) groups is 1. The van der Waals surface area contributed by atoms with Crippen LogP contribution in [0, 0.1) is 5.92 Å². The monoisotopic (exact) mass is 467 g/mol. The van der Waals surface area contributed by atoms with Gasteiger partial charge in [0, 0.05) is 37.0 Å². The summed E-state index contributed by atoms with van der Waals surface area (Å²) in [5.74, 6) is 0.760. The van der Waals surface area contributed by atoms with Crippen LogP contribution in [0.3, 0.4) is 0 Å². The Labute approximate surface area is 199 Å². The van der Waals surface area contributed by atoms with Crippen LogP contribution in [0.2, 0.25) is 0 Å². The van der Waals surface area contributed by atoms with Crippen LogP contribution in [0.5, 0.6) is 0 Å². The lowest BCUT2D eigenvalue weighted by Crippen LogP contribution is -2.49. The quantitative estimate of drug-likeness (QED) is 0.587. The zero-order valence-corrected chi connectivity index (χ0v) is 20.4. The highest BCUT2D eigenvalue weighted by atomic mass is 16.6. The highest BCUT2D eigenvalue weighted by molar-refractivity contribution is 5.68. The minimum absolute atomic E-state index is 0.0270. The average Bonchev–Trinajstić information content (AvgIpc) is 3.21. The lowest BCUT2D eigenvalue weighted by atomic mass is 9.94. The van der Waals surface area contributed by atoms with Crippen LogP contribution in [-0.4, -0.2) is 72.0 Å². The lowest BCUT2D eigenvalue weighted by Gasteiger charge is -2.36. The number of ether oxygens (including phenoxy) is 1. The summed E-state index contributed by atoms with van der Waals surface area (Å²) in [5, 5.41) is 18.2. The van der Waals surface area contributed by atoms with Crippen molar-refractivity contribution in [3.8, 4) is 11.4 Å². The van der Waals surface area contributed by atoms with E-state index in [4.69, 9.17) is 9.72 Å². The van der Waals surface area contributed by atoms with Gasteiger partial charge in [0.25, 0.3) is 0 Å². The van der Waals surface area contributed by atoms with E-state index >= 15 is 0 Å². The molecule has 182 valence electrons. The van der Waals surface area contributed by atoms with E-state index in [2.05, 4.69) is 34.2 Å². The molecule has 0 radical (unpaired) electrons. The summed E-state index contributed by atoms with van der Waals surface area (Å²) in [6.45, 7) is 11.0. The van der Waals surface area contributed by atoms with Gasteiger partial charge >= 0.3 is 6.09 Å². The number of likely N-dealkylation sites (tertiary alicyclic amines) is 1. The molecular formula is C24H33N7O3. The van der Waals surface area contributed by atoms with Crippen molar-refractivity contribution in [1.82, 2.24) is 29.5 Å². The molecule has 10 heteroatoms. The first-order valence-corrected chi connectivity index (χ1v) is 11.7. The van der Waals surface area contributed by atoms with E-state index in [1.165, 1.54) is 0 Å². The fraction of sp³-hybridized carbons (Fsp3) is 0.542. The van der Waals surface area contributed by atoms with E-state index in [0.717, 1.165) is 16.9 Å². The fourth-order valence-corrected chi connectivity index (χ4v) is 3.96. The Morgan fingerprint density at radius 3 is 2.74 bits per heavy atom. The molecule has 34 heavy (non-hydrogen) atoms. The molecule has 3 aromatic heterocycles. The minimum Gasteiger partial charge on any atom is -0.444 e. The molecule has 0 aliphatic carbocycles. The van der Waals surface area contributed by atoms with Crippen molar-refractivity contribution in [3.63, 3.8) is 0 Å². The normalized spacial score (nSPS) is 19.0. The molecule has 0 bridgehead atoms. The largest absolute Gasteiger partial charge is 0.444 e. The third kappa shape index (κ3) is 5.44. The van der Waals surface area contributed by atoms with Crippen LogP contribution < -0.4 is 5.32 Å². The van der Waals surface area contributed by atoms with E-state index in [-0.39, 0.29) is 12.5 Å². The Kier molecular flexibility index (Phi) is 6.70. The molecule has 0 saturated carbocycles. The number of piperidine rings is 1. The van der Waals surface area contributed by atoms with E-state index in [9.17, 15) is 9.90 Å². The summed E-state index contributed by atoms with van der Waals surface area (Å²) in [6, 6.07) is 3.70. The van der Waals surface area contributed by atoms with E-state index < -0.39 is 17.8 Å². The third-order valence-corrected chi connectivity index (χ3v) is 5.83. The maximum Gasteiger partial charge on any atom is 0.410 e. The molecule has 1 saturated heterocycles. The minimum atomic E-state index is -0.655. The molecule has 1 aliphatic heterocycles. The van der Waals surface area contributed by atoms with Gasteiger partial charge in [0.2, 0.25) is 5.95 Å². The molecule has 10 nitrogen and oxygen atoms in total. The number of amides is 1. The SMILES string of the molecule is CC(C)c1cnn2ccc(-c3ccnc(NC[C@@H]4CCN(C(=O)OC(C)(C)C)C[C@H]4O)n3)nc12. The van der Waals surface area contributed by atoms with Crippen molar-refractivity contribution >= 4 is 17.7 Å². The molecule has 1 aliphatic rings. The highest BCUT2D eigenvalue weighted by Crippen LogP contribution is 2.23. The van der Waals surface area contributed by atoms with Crippen LogP contribution in [0.4, 0.5) is 10.7 Å². The molecule has 2 atom stereocenters. The number of aliphatic hydroxyl groups is 1. The van der Waals surface area contributed by atoms with Gasteiger partial charge in [0.1, 0.15) is 5.60 Å². The van der Waals surface area contributed by atoms with Gasteiger partial charge < -0.3 is 20.1 Å². The van der Waals surface area contributed by atoms with Gasteiger partial charge in [-0.3, -0.25) is 0 Å². The van der Waals surface area contributed by atoms with Crippen molar-refractivity contribution in [2.75, 3.05) is 25.0 Å². The van der Waals surface area contributed by atoms with Crippen molar-refractivity contribution in [3.05, 3.63) is 36.3 Å². The van der Waals surface area contributed by atoms with Gasteiger partial charge in [0.15, 0.2) is 5.65 Å². The predicted octanol–water partition coefficient (Wildman–Crippen LogP) is 3.34. The smallest absolute Gasteiger partial charge is 0.410 e. The summed E-state index contributed by atoms with van der Waals surface area (Å²) in [4.78, 5) is 27.6. The predicted molar refractivity (Wildman–Crippen MR) is 129 cm³/mol. The summed E-state index contributed by atoms with van der Waals surface area (Å²) in [7, 11) is 0. The summed E-state index contributed by atoms with van der Waals surface area (Å²) < 4.78 is 7.18. The molecule has 1 fully saturated rings. The van der Waals surface area contributed by atoms with Crippen LogP contribution in [-0.2, 0) is 4.74 Å². The van der Waals surface area contributed by atoms with Crippen molar-refractivity contribution in [2.45, 2.75) is 58.7 Å². The Morgan fingerprint density at radius 2 is 2.03 bits per heavy atom. The maximum atomic E-state index is 12.3. The second-order valence-electron chi connectivity index (χ2n) is 10.0. The first-order valence-electron chi connectivity index (χ1n) is 11.7.